The van der Waals surface area contributed by atoms with E-state index in [2.05, 4.69) is 0 Å². The standard InChI is InChI=1S/C17H20NO5P/c1-18(24(21,22)23)16(12-17(19)20)11-13-7-9-15(10-8-13)14-5-3-2-4-6-14/h2-10,16H,11-12H2,1H3,(H,19,20)(H2,21,22,23)/t16-/m0/s1. The minimum Gasteiger partial charge on any atom is -0.481 e. The summed E-state index contributed by atoms with van der Waals surface area (Å²) in [5.41, 5.74) is 2.91. The van der Waals surface area contributed by atoms with Crippen molar-refractivity contribution in [1.29, 1.82) is 0 Å². The Morgan fingerprint density at radius 2 is 1.58 bits per heavy atom. The maximum atomic E-state index is 11.4. The summed E-state index contributed by atoms with van der Waals surface area (Å²) in [6, 6.07) is 16.6. The van der Waals surface area contributed by atoms with Crippen molar-refractivity contribution < 1.29 is 24.3 Å². The van der Waals surface area contributed by atoms with E-state index in [1.165, 1.54) is 7.05 Å². The van der Waals surface area contributed by atoms with Crippen LogP contribution in [0, 0.1) is 0 Å². The van der Waals surface area contributed by atoms with Gasteiger partial charge in [0, 0.05) is 6.04 Å². The normalized spacial score (nSPS) is 13.0. The van der Waals surface area contributed by atoms with Crippen molar-refractivity contribution >= 4 is 13.7 Å². The van der Waals surface area contributed by atoms with Gasteiger partial charge in [0.15, 0.2) is 0 Å². The molecule has 24 heavy (non-hydrogen) atoms. The predicted molar refractivity (Wildman–Crippen MR) is 91.4 cm³/mol. The average Bonchev–Trinajstić information content (AvgIpc) is 2.54. The Hall–Kier alpha value is -1.98. The van der Waals surface area contributed by atoms with E-state index in [9.17, 15) is 19.1 Å². The Balaban J connectivity index is 2.17. The van der Waals surface area contributed by atoms with Gasteiger partial charge in [-0.15, -0.1) is 0 Å². The summed E-state index contributed by atoms with van der Waals surface area (Å²) in [5, 5.41) is 8.99. The molecular weight excluding hydrogens is 329 g/mol. The summed E-state index contributed by atoms with van der Waals surface area (Å²) < 4.78 is 12.2. The zero-order valence-corrected chi connectivity index (χ0v) is 14.1. The van der Waals surface area contributed by atoms with Gasteiger partial charge in [-0.05, 0) is 30.2 Å². The van der Waals surface area contributed by atoms with Crippen molar-refractivity contribution in [3.8, 4) is 11.1 Å². The molecule has 3 N–H and O–H groups in total. The van der Waals surface area contributed by atoms with Crippen LogP contribution >= 0.6 is 7.75 Å². The van der Waals surface area contributed by atoms with Crippen molar-refractivity contribution in [3.05, 3.63) is 60.2 Å². The number of aliphatic carboxylic acids is 1. The summed E-state index contributed by atoms with van der Waals surface area (Å²) >= 11 is 0. The fraction of sp³-hybridized carbons (Fsp3) is 0.235. The SMILES string of the molecule is CN([C@H](CC(=O)O)Cc1ccc(-c2ccccc2)cc1)P(=O)(O)O. The molecule has 0 aliphatic heterocycles. The molecule has 6 nitrogen and oxygen atoms in total. The number of rotatable bonds is 7. The monoisotopic (exact) mass is 349 g/mol. The fourth-order valence-electron chi connectivity index (χ4n) is 2.49. The number of nitrogens with zero attached hydrogens (tertiary/aromatic N) is 1. The third kappa shape index (κ3) is 5.01. The number of benzene rings is 2. The summed E-state index contributed by atoms with van der Waals surface area (Å²) in [7, 11) is -3.25. The highest BCUT2D eigenvalue weighted by Crippen LogP contribution is 2.41. The van der Waals surface area contributed by atoms with Crippen LogP contribution in [0.3, 0.4) is 0 Å². The molecule has 0 heterocycles. The molecule has 0 aliphatic rings. The highest BCUT2D eigenvalue weighted by Gasteiger charge is 2.30. The van der Waals surface area contributed by atoms with Gasteiger partial charge >= 0.3 is 13.7 Å². The van der Waals surface area contributed by atoms with Gasteiger partial charge in [-0.3, -0.25) is 4.79 Å². The van der Waals surface area contributed by atoms with Gasteiger partial charge in [-0.1, -0.05) is 54.6 Å². The molecule has 2 rings (SSSR count). The van der Waals surface area contributed by atoms with Crippen LogP contribution in [-0.2, 0) is 15.8 Å². The number of carboxylic acids is 1. The molecule has 0 spiro atoms. The van der Waals surface area contributed by atoms with Crippen molar-refractivity contribution in [2.45, 2.75) is 18.9 Å². The Labute approximate surface area is 140 Å². The molecule has 0 saturated heterocycles. The lowest BCUT2D eigenvalue weighted by molar-refractivity contribution is -0.138. The number of carbonyl (C=O) groups is 1. The molecule has 0 amide bonds. The molecule has 0 fully saturated rings. The summed E-state index contributed by atoms with van der Waals surface area (Å²) in [6.45, 7) is 0. The van der Waals surface area contributed by atoms with Crippen LogP contribution in [-0.4, -0.2) is 38.6 Å². The second-order valence-electron chi connectivity index (χ2n) is 5.61. The van der Waals surface area contributed by atoms with E-state index < -0.39 is 19.8 Å². The van der Waals surface area contributed by atoms with E-state index in [1.54, 1.807) is 0 Å². The van der Waals surface area contributed by atoms with Crippen molar-refractivity contribution in [1.82, 2.24) is 4.67 Å². The fourth-order valence-corrected chi connectivity index (χ4v) is 3.08. The highest BCUT2D eigenvalue weighted by atomic mass is 31.2. The number of carboxylic acid groups (broad SMARTS) is 1. The van der Waals surface area contributed by atoms with E-state index in [1.807, 2.05) is 54.6 Å². The van der Waals surface area contributed by atoms with Crippen LogP contribution in [0.25, 0.3) is 11.1 Å². The maximum absolute atomic E-state index is 11.4. The third-order valence-corrected chi connectivity index (χ3v) is 5.03. The lowest BCUT2D eigenvalue weighted by Crippen LogP contribution is -2.33. The van der Waals surface area contributed by atoms with Crippen LogP contribution < -0.4 is 0 Å². The number of hydrogen-bond donors (Lipinski definition) is 3. The summed E-state index contributed by atoms with van der Waals surface area (Å²) in [6.07, 6.45) is -0.106. The zero-order chi connectivity index (χ0) is 17.7. The zero-order valence-electron chi connectivity index (χ0n) is 13.2. The van der Waals surface area contributed by atoms with E-state index in [0.717, 1.165) is 21.4 Å². The summed E-state index contributed by atoms with van der Waals surface area (Å²) in [4.78, 5) is 29.6. The van der Waals surface area contributed by atoms with Gasteiger partial charge in [-0.25, -0.2) is 9.24 Å². The minimum atomic E-state index is -4.49. The van der Waals surface area contributed by atoms with Crippen molar-refractivity contribution in [3.63, 3.8) is 0 Å². The highest BCUT2D eigenvalue weighted by molar-refractivity contribution is 7.49. The Morgan fingerprint density at radius 3 is 2.08 bits per heavy atom. The van der Waals surface area contributed by atoms with Crippen LogP contribution in [0.1, 0.15) is 12.0 Å². The third-order valence-electron chi connectivity index (χ3n) is 3.88. The second kappa shape index (κ2) is 7.73. The first-order chi connectivity index (χ1) is 11.3. The largest absolute Gasteiger partial charge is 0.481 e. The van der Waals surface area contributed by atoms with Gasteiger partial charge in [0.2, 0.25) is 0 Å². The molecule has 0 aliphatic carbocycles. The Kier molecular flexibility index (Phi) is 5.91. The molecule has 0 unspecified atom stereocenters. The Morgan fingerprint density at radius 1 is 1.04 bits per heavy atom. The molecule has 2 aromatic rings. The van der Waals surface area contributed by atoms with Gasteiger partial charge in [0.05, 0.1) is 6.42 Å². The Bertz CT molecular complexity index is 726. The molecule has 0 aromatic heterocycles. The molecule has 1 atom stereocenters. The molecule has 0 radical (unpaired) electrons. The predicted octanol–water partition coefficient (Wildman–Crippen LogP) is 2.76. The lowest BCUT2D eigenvalue weighted by atomic mass is 9.99. The molecule has 128 valence electrons. The lowest BCUT2D eigenvalue weighted by Gasteiger charge is -2.27. The molecular formula is C17H20NO5P. The van der Waals surface area contributed by atoms with E-state index >= 15 is 0 Å². The number of hydrogen-bond acceptors (Lipinski definition) is 2. The minimum absolute atomic E-state index is 0.239. The second-order valence-corrected chi connectivity index (χ2v) is 7.26. The first-order valence-corrected chi connectivity index (χ1v) is 8.99. The molecule has 2 aromatic carbocycles. The van der Waals surface area contributed by atoms with Crippen LogP contribution in [0.4, 0.5) is 0 Å². The van der Waals surface area contributed by atoms with E-state index in [-0.39, 0.29) is 12.8 Å². The van der Waals surface area contributed by atoms with E-state index in [4.69, 9.17) is 5.11 Å². The van der Waals surface area contributed by atoms with Gasteiger partial charge in [-0.2, -0.15) is 0 Å². The van der Waals surface area contributed by atoms with Gasteiger partial charge < -0.3 is 14.9 Å². The molecule has 0 bridgehead atoms. The first kappa shape index (κ1) is 18.4. The van der Waals surface area contributed by atoms with Gasteiger partial charge in [0.25, 0.3) is 0 Å². The number of likely N-dealkylation sites (N-methyl/N-ethyl adjacent to an activating group) is 1. The van der Waals surface area contributed by atoms with Crippen LogP contribution in [0.15, 0.2) is 54.6 Å². The maximum Gasteiger partial charge on any atom is 0.403 e. The first-order valence-electron chi connectivity index (χ1n) is 7.42. The van der Waals surface area contributed by atoms with Crippen LogP contribution in [0.5, 0.6) is 0 Å². The average molecular weight is 349 g/mol. The topological polar surface area (TPSA) is 98.1 Å². The summed E-state index contributed by atoms with van der Waals surface area (Å²) in [5.74, 6) is -1.10. The quantitative estimate of drug-likeness (QED) is 0.665. The van der Waals surface area contributed by atoms with E-state index in [0.29, 0.717) is 0 Å². The molecule has 7 heteroatoms. The van der Waals surface area contributed by atoms with Crippen LogP contribution in [0.2, 0.25) is 0 Å². The smallest absolute Gasteiger partial charge is 0.403 e. The van der Waals surface area contributed by atoms with Crippen molar-refractivity contribution in [2.75, 3.05) is 7.05 Å². The molecule has 0 saturated carbocycles. The van der Waals surface area contributed by atoms with Crippen molar-refractivity contribution in [2.24, 2.45) is 0 Å². The van der Waals surface area contributed by atoms with Gasteiger partial charge in [0.1, 0.15) is 0 Å².